The van der Waals surface area contributed by atoms with Gasteiger partial charge in [-0.15, -0.1) is 11.3 Å². The molecule has 0 aliphatic carbocycles. The van der Waals surface area contributed by atoms with Crippen LogP contribution in [0.2, 0.25) is 0 Å². The molecule has 1 atom stereocenters. The maximum absolute atomic E-state index is 4.59. The highest BCUT2D eigenvalue weighted by Gasteiger charge is 2.19. The molecular formula is C16H21N3S. The van der Waals surface area contributed by atoms with Crippen LogP contribution in [0.15, 0.2) is 35.7 Å². The van der Waals surface area contributed by atoms with Crippen molar-refractivity contribution in [2.75, 3.05) is 19.6 Å². The molecule has 20 heavy (non-hydrogen) atoms. The standard InChI is InChI=1S/C16H21N3S/c1-13-18-15(12-20-13)10-19-9-5-8-17-16(11-19)14-6-3-2-4-7-14/h2-4,6-7,12,16-17H,5,8-11H2,1H3. The lowest BCUT2D eigenvalue weighted by Crippen LogP contribution is -2.31. The lowest BCUT2D eigenvalue weighted by Gasteiger charge is -2.24. The van der Waals surface area contributed by atoms with Gasteiger partial charge in [-0.25, -0.2) is 4.98 Å². The van der Waals surface area contributed by atoms with Crippen LogP contribution in [0.3, 0.4) is 0 Å². The van der Waals surface area contributed by atoms with Gasteiger partial charge in [0.05, 0.1) is 10.7 Å². The van der Waals surface area contributed by atoms with E-state index in [1.165, 1.54) is 17.7 Å². The minimum Gasteiger partial charge on any atom is -0.309 e. The summed E-state index contributed by atoms with van der Waals surface area (Å²) in [5.41, 5.74) is 2.59. The van der Waals surface area contributed by atoms with Crippen LogP contribution < -0.4 is 5.32 Å². The van der Waals surface area contributed by atoms with Gasteiger partial charge in [-0.1, -0.05) is 30.3 Å². The number of rotatable bonds is 3. The number of hydrogen-bond donors (Lipinski definition) is 1. The monoisotopic (exact) mass is 287 g/mol. The van der Waals surface area contributed by atoms with Gasteiger partial charge < -0.3 is 5.32 Å². The van der Waals surface area contributed by atoms with Crippen LogP contribution in [-0.4, -0.2) is 29.5 Å². The molecule has 0 spiro atoms. The van der Waals surface area contributed by atoms with Gasteiger partial charge >= 0.3 is 0 Å². The van der Waals surface area contributed by atoms with Crippen LogP contribution >= 0.6 is 11.3 Å². The van der Waals surface area contributed by atoms with Crippen LogP contribution in [0.4, 0.5) is 0 Å². The average molecular weight is 287 g/mol. The van der Waals surface area contributed by atoms with Gasteiger partial charge in [-0.2, -0.15) is 0 Å². The van der Waals surface area contributed by atoms with Crippen molar-refractivity contribution in [3.63, 3.8) is 0 Å². The van der Waals surface area contributed by atoms with E-state index in [0.717, 1.165) is 31.2 Å². The summed E-state index contributed by atoms with van der Waals surface area (Å²) in [6.07, 6.45) is 1.20. The van der Waals surface area contributed by atoms with E-state index in [1.807, 2.05) is 0 Å². The first-order valence-electron chi connectivity index (χ1n) is 7.23. The highest BCUT2D eigenvalue weighted by atomic mass is 32.1. The first kappa shape index (κ1) is 13.7. The third-order valence-corrected chi connectivity index (χ3v) is 4.56. The van der Waals surface area contributed by atoms with Crippen molar-refractivity contribution in [3.8, 4) is 0 Å². The second-order valence-corrected chi connectivity index (χ2v) is 6.43. The third-order valence-electron chi connectivity index (χ3n) is 3.74. The molecule has 0 saturated carbocycles. The summed E-state index contributed by atoms with van der Waals surface area (Å²) in [6.45, 7) is 6.33. The van der Waals surface area contributed by atoms with Gasteiger partial charge in [0.25, 0.3) is 0 Å². The largest absolute Gasteiger partial charge is 0.309 e. The Labute approximate surface area is 124 Å². The van der Waals surface area contributed by atoms with E-state index in [9.17, 15) is 0 Å². The number of benzene rings is 1. The number of thiazole rings is 1. The fourth-order valence-corrected chi connectivity index (χ4v) is 3.36. The molecule has 0 amide bonds. The zero-order valence-corrected chi connectivity index (χ0v) is 12.7. The van der Waals surface area contributed by atoms with E-state index >= 15 is 0 Å². The Morgan fingerprint density at radius 2 is 2.20 bits per heavy atom. The lowest BCUT2D eigenvalue weighted by molar-refractivity contribution is 0.258. The second kappa shape index (κ2) is 6.48. The molecule has 1 fully saturated rings. The van der Waals surface area contributed by atoms with Crippen molar-refractivity contribution in [1.82, 2.24) is 15.2 Å². The van der Waals surface area contributed by atoms with Gasteiger partial charge in [-0.3, -0.25) is 4.90 Å². The van der Waals surface area contributed by atoms with Crippen LogP contribution in [0, 0.1) is 6.92 Å². The Hall–Kier alpha value is -1.23. The minimum atomic E-state index is 0.429. The van der Waals surface area contributed by atoms with Crippen LogP contribution in [-0.2, 0) is 6.54 Å². The van der Waals surface area contributed by atoms with Crippen molar-refractivity contribution in [1.29, 1.82) is 0 Å². The smallest absolute Gasteiger partial charge is 0.0897 e. The Balaban J connectivity index is 1.69. The predicted molar refractivity (Wildman–Crippen MR) is 83.9 cm³/mol. The Morgan fingerprint density at radius 3 is 2.95 bits per heavy atom. The fraction of sp³-hybridized carbons (Fsp3) is 0.438. The van der Waals surface area contributed by atoms with Gasteiger partial charge in [0.1, 0.15) is 0 Å². The fourth-order valence-electron chi connectivity index (χ4n) is 2.76. The summed E-state index contributed by atoms with van der Waals surface area (Å²) < 4.78 is 0. The molecular weight excluding hydrogens is 266 g/mol. The molecule has 1 unspecified atom stereocenters. The number of hydrogen-bond acceptors (Lipinski definition) is 4. The maximum Gasteiger partial charge on any atom is 0.0897 e. The zero-order chi connectivity index (χ0) is 13.8. The average Bonchev–Trinajstić information content (AvgIpc) is 2.74. The Morgan fingerprint density at radius 1 is 1.35 bits per heavy atom. The summed E-state index contributed by atoms with van der Waals surface area (Å²) in [5, 5.41) is 7.00. The molecule has 3 rings (SSSR count). The van der Waals surface area contributed by atoms with Crippen LogP contribution in [0.5, 0.6) is 0 Å². The predicted octanol–water partition coefficient (Wildman–Crippen LogP) is 2.99. The van der Waals surface area contributed by atoms with E-state index in [4.69, 9.17) is 0 Å². The van der Waals surface area contributed by atoms with Gasteiger partial charge in [-0.05, 0) is 32.0 Å². The number of nitrogens with one attached hydrogen (secondary N) is 1. The Bertz CT molecular complexity index is 538. The number of aromatic nitrogens is 1. The molecule has 4 heteroatoms. The highest BCUT2D eigenvalue weighted by Crippen LogP contribution is 2.19. The molecule has 1 aromatic carbocycles. The van der Waals surface area contributed by atoms with Gasteiger partial charge in [0.2, 0.25) is 0 Å². The van der Waals surface area contributed by atoms with Gasteiger partial charge in [0, 0.05) is 24.5 Å². The molecule has 3 nitrogen and oxygen atoms in total. The van der Waals surface area contributed by atoms with Crippen molar-refractivity contribution in [2.45, 2.75) is 25.9 Å². The summed E-state index contributed by atoms with van der Waals surface area (Å²) in [7, 11) is 0. The molecule has 1 aliphatic heterocycles. The van der Waals surface area contributed by atoms with Crippen molar-refractivity contribution < 1.29 is 0 Å². The number of aryl methyl sites for hydroxylation is 1. The van der Waals surface area contributed by atoms with Crippen LogP contribution in [0.1, 0.15) is 28.7 Å². The summed E-state index contributed by atoms with van der Waals surface area (Å²) in [6, 6.07) is 11.2. The summed E-state index contributed by atoms with van der Waals surface area (Å²) >= 11 is 1.74. The quantitative estimate of drug-likeness (QED) is 0.940. The summed E-state index contributed by atoms with van der Waals surface area (Å²) in [5.74, 6) is 0. The highest BCUT2D eigenvalue weighted by molar-refractivity contribution is 7.09. The van der Waals surface area contributed by atoms with E-state index < -0.39 is 0 Å². The van der Waals surface area contributed by atoms with Crippen LogP contribution in [0.25, 0.3) is 0 Å². The Kier molecular flexibility index (Phi) is 4.45. The molecule has 106 valence electrons. The third kappa shape index (κ3) is 3.45. The molecule has 2 heterocycles. The molecule has 0 radical (unpaired) electrons. The van der Waals surface area contributed by atoms with Gasteiger partial charge in [0.15, 0.2) is 0 Å². The van der Waals surface area contributed by atoms with E-state index in [2.05, 4.69) is 57.8 Å². The minimum absolute atomic E-state index is 0.429. The number of nitrogens with zero attached hydrogens (tertiary/aromatic N) is 2. The first-order chi connectivity index (χ1) is 9.81. The first-order valence-corrected chi connectivity index (χ1v) is 8.11. The zero-order valence-electron chi connectivity index (χ0n) is 11.9. The molecule has 1 aromatic heterocycles. The molecule has 1 aliphatic rings. The van der Waals surface area contributed by atoms with E-state index in [-0.39, 0.29) is 0 Å². The van der Waals surface area contributed by atoms with E-state index in [0.29, 0.717) is 6.04 Å². The van der Waals surface area contributed by atoms with Crippen molar-refractivity contribution in [2.24, 2.45) is 0 Å². The van der Waals surface area contributed by atoms with E-state index in [1.54, 1.807) is 11.3 Å². The molecule has 1 N–H and O–H groups in total. The lowest BCUT2D eigenvalue weighted by atomic mass is 10.1. The molecule has 0 bridgehead atoms. The maximum atomic E-state index is 4.59. The summed E-state index contributed by atoms with van der Waals surface area (Å²) in [4.78, 5) is 7.11. The molecule has 1 saturated heterocycles. The molecule has 2 aromatic rings. The second-order valence-electron chi connectivity index (χ2n) is 5.36. The van der Waals surface area contributed by atoms with Crippen molar-refractivity contribution >= 4 is 11.3 Å². The SMILES string of the molecule is Cc1nc(CN2CCCNC(c3ccccc3)C2)cs1. The normalized spacial score (nSPS) is 20.8. The topological polar surface area (TPSA) is 28.2 Å². The van der Waals surface area contributed by atoms with Crippen molar-refractivity contribution in [3.05, 3.63) is 52.0 Å².